The summed E-state index contributed by atoms with van der Waals surface area (Å²) in [5, 5.41) is 8.03. The van der Waals surface area contributed by atoms with E-state index in [0.717, 1.165) is 35.7 Å². The molecule has 2 aromatic heterocycles. The molecule has 1 aromatic carbocycles. The van der Waals surface area contributed by atoms with Gasteiger partial charge in [-0.05, 0) is 37.5 Å². The second-order valence-electron chi connectivity index (χ2n) is 6.57. The molecule has 1 fully saturated rings. The summed E-state index contributed by atoms with van der Waals surface area (Å²) in [6.45, 7) is 4.37. The van der Waals surface area contributed by atoms with Crippen LogP contribution in [0.25, 0.3) is 5.52 Å². The van der Waals surface area contributed by atoms with Crippen LogP contribution < -0.4 is 10.2 Å². The number of carbonyl (C=O) groups excluding carboxylic acids is 1. The summed E-state index contributed by atoms with van der Waals surface area (Å²) in [5.74, 6) is 0.709. The van der Waals surface area contributed by atoms with Gasteiger partial charge in [0.25, 0.3) is 5.91 Å². The third-order valence-electron chi connectivity index (χ3n) is 4.56. The van der Waals surface area contributed by atoms with Crippen molar-refractivity contribution in [2.24, 2.45) is 0 Å². The molecular weight excluding hydrogens is 350 g/mol. The number of nitrogens with one attached hydrogen (secondary N) is 1. The second-order valence-corrected chi connectivity index (χ2v) is 7.01. The Labute approximate surface area is 156 Å². The minimum absolute atomic E-state index is 0.200. The van der Waals surface area contributed by atoms with E-state index in [1.54, 1.807) is 4.52 Å². The van der Waals surface area contributed by atoms with E-state index in [4.69, 9.17) is 11.6 Å². The van der Waals surface area contributed by atoms with E-state index in [1.807, 2.05) is 43.5 Å². The molecule has 1 aliphatic rings. The largest absolute Gasteiger partial charge is 0.355 e. The van der Waals surface area contributed by atoms with E-state index >= 15 is 0 Å². The topological polar surface area (TPSA) is 62.5 Å². The summed E-state index contributed by atoms with van der Waals surface area (Å²) in [7, 11) is 0. The molecule has 134 valence electrons. The molecule has 0 saturated carbocycles. The standard InChI is InChI=1S/C19H20ClN5O/c1-13-12-25-17(18(22-13)24-8-2-3-9-24)10-16(23-25)19(26)21-11-14-4-6-15(20)7-5-14/h4-7,10,12H,2-3,8-9,11H2,1H3,(H,21,26). The number of fused-ring (bicyclic) bond motifs is 1. The maximum absolute atomic E-state index is 12.5. The number of hydrogen-bond acceptors (Lipinski definition) is 4. The van der Waals surface area contributed by atoms with Crippen molar-refractivity contribution in [1.29, 1.82) is 0 Å². The van der Waals surface area contributed by atoms with Crippen LogP contribution in [0.3, 0.4) is 0 Å². The van der Waals surface area contributed by atoms with Gasteiger partial charge < -0.3 is 10.2 Å². The minimum Gasteiger partial charge on any atom is -0.355 e. The van der Waals surface area contributed by atoms with E-state index in [2.05, 4.69) is 20.3 Å². The molecule has 1 aliphatic heterocycles. The molecule has 1 amide bonds. The van der Waals surface area contributed by atoms with Crippen LogP contribution in [0.4, 0.5) is 5.82 Å². The molecule has 0 unspecified atom stereocenters. The van der Waals surface area contributed by atoms with Gasteiger partial charge in [-0.1, -0.05) is 23.7 Å². The molecule has 0 spiro atoms. The number of aromatic nitrogens is 3. The van der Waals surface area contributed by atoms with Crippen molar-refractivity contribution < 1.29 is 4.79 Å². The van der Waals surface area contributed by atoms with E-state index in [1.165, 1.54) is 12.8 Å². The van der Waals surface area contributed by atoms with Crippen molar-refractivity contribution in [1.82, 2.24) is 19.9 Å². The fourth-order valence-corrected chi connectivity index (χ4v) is 3.36. The number of carbonyl (C=O) groups is 1. The highest BCUT2D eigenvalue weighted by Gasteiger charge is 2.20. The van der Waals surface area contributed by atoms with Gasteiger partial charge in [-0.15, -0.1) is 0 Å². The maximum atomic E-state index is 12.5. The Morgan fingerprint density at radius 2 is 1.96 bits per heavy atom. The highest BCUT2D eigenvalue weighted by molar-refractivity contribution is 6.30. The highest BCUT2D eigenvalue weighted by atomic mass is 35.5. The van der Waals surface area contributed by atoms with Crippen LogP contribution in [0, 0.1) is 6.92 Å². The zero-order valence-corrected chi connectivity index (χ0v) is 15.3. The SMILES string of the molecule is Cc1cn2nc(C(=O)NCc3ccc(Cl)cc3)cc2c(N2CCCC2)n1. The maximum Gasteiger partial charge on any atom is 0.272 e. The minimum atomic E-state index is -0.200. The zero-order chi connectivity index (χ0) is 18.1. The number of benzene rings is 1. The van der Waals surface area contributed by atoms with E-state index < -0.39 is 0 Å². The summed E-state index contributed by atoms with van der Waals surface area (Å²) >= 11 is 5.89. The fourth-order valence-electron chi connectivity index (χ4n) is 3.24. The summed E-state index contributed by atoms with van der Waals surface area (Å²) in [6.07, 6.45) is 4.19. The number of rotatable bonds is 4. The van der Waals surface area contributed by atoms with Crippen molar-refractivity contribution in [2.45, 2.75) is 26.3 Å². The number of amides is 1. The summed E-state index contributed by atoms with van der Waals surface area (Å²) < 4.78 is 1.76. The number of nitrogens with zero attached hydrogens (tertiary/aromatic N) is 4. The Kier molecular flexibility index (Phi) is 4.51. The Balaban J connectivity index is 1.57. The average Bonchev–Trinajstić information content (AvgIpc) is 3.30. The molecule has 3 heterocycles. The van der Waals surface area contributed by atoms with Crippen LogP contribution in [0.15, 0.2) is 36.5 Å². The van der Waals surface area contributed by atoms with Gasteiger partial charge in [0.15, 0.2) is 11.5 Å². The monoisotopic (exact) mass is 369 g/mol. The molecule has 1 saturated heterocycles. The molecule has 4 rings (SSSR count). The predicted octanol–water partition coefficient (Wildman–Crippen LogP) is 3.22. The van der Waals surface area contributed by atoms with Gasteiger partial charge >= 0.3 is 0 Å². The predicted molar refractivity (Wildman–Crippen MR) is 102 cm³/mol. The number of hydrogen-bond donors (Lipinski definition) is 1. The van der Waals surface area contributed by atoms with Crippen molar-refractivity contribution in [3.8, 4) is 0 Å². The average molecular weight is 370 g/mol. The third kappa shape index (κ3) is 3.37. The van der Waals surface area contributed by atoms with Crippen molar-refractivity contribution in [3.63, 3.8) is 0 Å². The van der Waals surface area contributed by atoms with E-state index in [9.17, 15) is 4.79 Å². The lowest BCUT2D eigenvalue weighted by molar-refractivity contribution is 0.0945. The second kappa shape index (κ2) is 6.96. The smallest absolute Gasteiger partial charge is 0.272 e. The van der Waals surface area contributed by atoms with Gasteiger partial charge in [0.2, 0.25) is 0 Å². The molecule has 0 aliphatic carbocycles. The van der Waals surface area contributed by atoms with Crippen molar-refractivity contribution in [3.05, 3.63) is 58.5 Å². The summed E-state index contributed by atoms with van der Waals surface area (Å²) in [6, 6.07) is 9.23. The normalized spacial score (nSPS) is 14.2. The van der Waals surface area contributed by atoms with E-state index in [0.29, 0.717) is 17.3 Å². The van der Waals surface area contributed by atoms with Gasteiger partial charge in [-0.3, -0.25) is 4.79 Å². The van der Waals surface area contributed by atoms with Crippen molar-refractivity contribution in [2.75, 3.05) is 18.0 Å². The third-order valence-corrected chi connectivity index (χ3v) is 4.81. The number of anilines is 1. The Morgan fingerprint density at radius 3 is 2.69 bits per heavy atom. The van der Waals surface area contributed by atoms with Gasteiger partial charge in [-0.25, -0.2) is 9.50 Å². The highest BCUT2D eigenvalue weighted by Crippen LogP contribution is 2.24. The lowest BCUT2D eigenvalue weighted by Crippen LogP contribution is -2.23. The fraction of sp³-hybridized carbons (Fsp3) is 0.316. The lowest BCUT2D eigenvalue weighted by Gasteiger charge is -2.17. The summed E-state index contributed by atoms with van der Waals surface area (Å²) in [4.78, 5) is 19.5. The van der Waals surface area contributed by atoms with Crippen LogP contribution >= 0.6 is 11.6 Å². The van der Waals surface area contributed by atoms with Crippen molar-refractivity contribution >= 4 is 28.8 Å². The quantitative estimate of drug-likeness (QED) is 0.767. The Morgan fingerprint density at radius 1 is 1.23 bits per heavy atom. The number of aryl methyl sites for hydroxylation is 1. The first-order valence-corrected chi connectivity index (χ1v) is 9.12. The van der Waals surface area contributed by atoms with Crippen LogP contribution in [-0.4, -0.2) is 33.6 Å². The van der Waals surface area contributed by atoms with E-state index in [-0.39, 0.29) is 5.91 Å². The molecule has 0 radical (unpaired) electrons. The Hall–Kier alpha value is -2.60. The molecule has 0 bridgehead atoms. The summed E-state index contributed by atoms with van der Waals surface area (Å²) in [5.41, 5.74) is 3.14. The lowest BCUT2D eigenvalue weighted by atomic mass is 10.2. The molecular formula is C19H20ClN5O. The first-order valence-electron chi connectivity index (χ1n) is 8.75. The van der Waals surface area contributed by atoms with Crippen LogP contribution in [0.5, 0.6) is 0 Å². The zero-order valence-electron chi connectivity index (χ0n) is 14.6. The molecule has 0 atom stereocenters. The first-order chi connectivity index (χ1) is 12.6. The Bertz CT molecular complexity index is 944. The molecule has 7 heteroatoms. The van der Waals surface area contributed by atoms with Crippen LogP contribution in [0.1, 0.15) is 34.6 Å². The first kappa shape index (κ1) is 16.8. The van der Waals surface area contributed by atoms with Gasteiger partial charge in [-0.2, -0.15) is 5.10 Å². The van der Waals surface area contributed by atoms with Gasteiger partial charge in [0.1, 0.15) is 5.52 Å². The number of halogens is 1. The molecule has 1 N–H and O–H groups in total. The van der Waals surface area contributed by atoms with Crippen LogP contribution in [-0.2, 0) is 6.54 Å². The van der Waals surface area contributed by atoms with Crippen LogP contribution in [0.2, 0.25) is 5.02 Å². The molecule has 26 heavy (non-hydrogen) atoms. The molecule has 6 nitrogen and oxygen atoms in total. The van der Waals surface area contributed by atoms with Gasteiger partial charge in [0, 0.05) is 30.7 Å². The molecule has 3 aromatic rings. The van der Waals surface area contributed by atoms with Gasteiger partial charge in [0.05, 0.1) is 11.9 Å².